The summed E-state index contributed by atoms with van der Waals surface area (Å²) in [7, 11) is 0. The van der Waals surface area contributed by atoms with Crippen molar-refractivity contribution >= 4 is 33.2 Å². The van der Waals surface area contributed by atoms with Crippen molar-refractivity contribution in [3.63, 3.8) is 0 Å². The number of aryl methyl sites for hydroxylation is 1. The fourth-order valence-corrected chi connectivity index (χ4v) is 4.94. The first-order valence-electron chi connectivity index (χ1n) is 11.4. The Morgan fingerprint density at radius 3 is 2.47 bits per heavy atom. The molecular formula is C24H34N6OS. The molecule has 8 heteroatoms. The molecule has 1 aliphatic rings. The second kappa shape index (κ2) is 8.73. The van der Waals surface area contributed by atoms with Crippen LogP contribution >= 0.6 is 11.3 Å². The van der Waals surface area contributed by atoms with E-state index >= 15 is 0 Å². The highest BCUT2D eigenvalue weighted by Crippen LogP contribution is 2.36. The van der Waals surface area contributed by atoms with Crippen LogP contribution in [0.2, 0.25) is 0 Å². The minimum Gasteiger partial charge on any atom is -0.364 e. The molecule has 172 valence electrons. The first-order valence-corrected chi connectivity index (χ1v) is 12.2. The number of hydrogen-bond donors (Lipinski definition) is 1. The number of piperazine rings is 1. The molecular weight excluding hydrogens is 420 g/mol. The Morgan fingerprint density at radius 2 is 1.84 bits per heavy atom. The average Bonchev–Trinajstić information content (AvgIpc) is 3.26. The summed E-state index contributed by atoms with van der Waals surface area (Å²) in [6.45, 7) is 15.8. The van der Waals surface area contributed by atoms with Crippen molar-refractivity contribution in [1.82, 2.24) is 19.5 Å². The van der Waals surface area contributed by atoms with Crippen LogP contribution in [-0.4, -0.2) is 57.1 Å². The zero-order chi connectivity index (χ0) is 23.0. The number of rotatable bonds is 5. The summed E-state index contributed by atoms with van der Waals surface area (Å²) in [5.41, 5.74) is 3.13. The summed E-state index contributed by atoms with van der Waals surface area (Å²) in [5.74, 6) is 1.58. The molecule has 1 saturated heterocycles. The van der Waals surface area contributed by atoms with Gasteiger partial charge in [-0.2, -0.15) is 4.52 Å². The second-order valence-electron chi connectivity index (χ2n) is 10.0. The van der Waals surface area contributed by atoms with Gasteiger partial charge in [-0.05, 0) is 39.2 Å². The summed E-state index contributed by atoms with van der Waals surface area (Å²) in [4.78, 5) is 22.5. The molecule has 32 heavy (non-hydrogen) atoms. The monoisotopic (exact) mass is 454 g/mol. The lowest BCUT2D eigenvalue weighted by atomic mass is 10.0. The average molecular weight is 455 g/mol. The number of nitrogens with zero attached hydrogens (tertiary/aromatic N) is 5. The van der Waals surface area contributed by atoms with E-state index in [4.69, 9.17) is 10.1 Å². The van der Waals surface area contributed by atoms with Crippen LogP contribution in [0.1, 0.15) is 46.6 Å². The SMILES string of the molecule is Cc1ccccc1-c1nc2sc(N3CCN(C(=O)CC(C)C)CC3)nn2c1NC(C)(C)C. The maximum Gasteiger partial charge on any atom is 0.222 e. The Balaban J connectivity index is 1.61. The molecule has 1 fully saturated rings. The smallest absolute Gasteiger partial charge is 0.222 e. The topological polar surface area (TPSA) is 65.8 Å². The molecule has 0 saturated carbocycles. The van der Waals surface area contributed by atoms with Gasteiger partial charge in [0.25, 0.3) is 0 Å². The number of imidazole rings is 1. The van der Waals surface area contributed by atoms with Gasteiger partial charge in [0.05, 0.1) is 0 Å². The molecule has 0 atom stereocenters. The van der Waals surface area contributed by atoms with Crippen molar-refractivity contribution in [2.75, 3.05) is 36.4 Å². The van der Waals surface area contributed by atoms with Crippen LogP contribution in [0.5, 0.6) is 0 Å². The Labute approximate surface area is 194 Å². The van der Waals surface area contributed by atoms with Gasteiger partial charge in [0, 0.05) is 43.7 Å². The Bertz CT molecular complexity index is 1100. The normalized spacial score (nSPS) is 15.1. The number of benzene rings is 1. The largest absolute Gasteiger partial charge is 0.364 e. The van der Waals surface area contributed by atoms with Gasteiger partial charge < -0.3 is 15.1 Å². The minimum absolute atomic E-state index is 0.125. The number of anilines is 2. The van der Waals surface area contributed by atoms with Crippen LogP contribution in [-0.2, 0) is 4.79 Å². The van der Waals surface area contributed by atoms with Crippen LogP contribution in [0, 0.1) is 12.8 Å². The molecule has 0 bridgehead atoms. The predicted molar refractivity (Wildman–Crippen MR) is 133 cm³/mol. The van der Waals surface area contributed by atoms with E-state index < -0.39 is 0 Å². The molecule has 1 aliphatic heterocycles. The molecule has 0 aliphatic carbocycles. The van der Waals surface area contributed by atoms with Gasteiger partial charge in [0.15, 0.2) is 5.82 Å². The molecule has 2 aromatic heterocycles. The highest BCUT2D eigenvalue weighted by Gasteiger charge is 2.27. The van der Waals surface area contributed by atoms with Crippen molar-refractivity contribution in [1.29, 1.82) is 0 Å². The molecule has 1 N–H and O–H groups in total. The number of carbonyl (C=O) groups is 1. The van der Waals surface area contributed by atoms with Crippen molar-refractivity contribution in [2.45, 2.75) is 53.5 Å². The zero-order valence-electron chi connectivity index (χ0n) is 20.0. The van der Waals surface area contributed by atoms with Crippen molar-refractivity contribution in [3.8, 4) is 11.3 Å². The van der Waals surface area contributed by atoms with Crippen molar-refractivity contribution < 1.29 is 4.79 Å². The van der Waals surface area contributed by atoms with Crippen LogP contribution in [0.3, 0.4) is 0 Å². The molecule has 3 aromatic rings. The van der Waals surface area contributed by atoms with E-state index in [-0.39, 0.29) is 11.4 Å². The fourth-order valence-electron chi connectivity index (χ4n) is 3.99. The lowest BCUT2D eigenvalue weighted by molar-refractivity contribution is -0.132. The van der Waals surface area contributed by atoms with E-state index in [9.17, 15) is 4.79 Å². The van der Waals surface area contributed by atoms with E-state index in [1.807, 2.05) is 9.42 Å². The second-order valence-corrected chi connectivity index (χ2v) is 11.0. The minimum atomic E-state index is -0.125. The molecule has 4 rings (SSSR count). The summed E-state index contributed by atoms with van der Waals surface area (Å²) < 4.78 is 1.95. The van der Waals surface area contributed by atoms with Crippen molar-refractivity contribution in [2.24, 2.45) is 5.92 Å². The van der Waals surface area contributed by atoms with E-state index in [0.717, 1.165) is 53.3 Å². The quantitative estimate of drug-likeness (QED) is 0.607. The third-order valence-corrected chi connectivity index (χ3v) is 6.54. The van der Waals surface area contributed by atoms with Gasteiger partial charge in [-0.1, -0.05) is 49.4 Å². The summed E-state index contributed by atoms with van der Waals surface area (Å²) in [6, 6.07) is 8.33. The molecule has 1 aromatic carbocycles. The van der Waals surface area contributed by atoms with E-state index in [1.54, 1.807) is 11.3 Å². The maximum atomic E-state index is 12.4. The van der Waals surface area contributed by atoms with Crippen LogP contribution in [0.4, 0.5) is 10.9 Å². The summed E-state index contributed by atoms with van der Waals surface area (Å²) in [5, 5.41) is 9.53. The molecule has 0 spiro atoms. The third-order valence-electron chi connectivity index (χ3n) is 5.57. The van der Waals surface area contributed by atoms with Gasteiger partial charge >= 0.3 is 0 Å². The third kappa shape index (κ3) is 4.75. The molecule has 3 heterocycles. The summed E-state index contributed by atoms with van der Waals surface area (Å²) in [6.07, 6.45) is 0.620. The Kier molecular flexibility index (Phi) is 6.16. The molecule has 7 nitrogen and oxygen atoms in total. The van der Waals surface area contributed by atoms with Gasteiger partial charge in [-0.25, -0.2) is 4.98 Å². The molecule has 1 amide bonds. The number of aromatic nitrogens is 3. The summed E-state index contributed by atoms with van der Waals surface area (Å²) >= 11 is 1.61. The van der Waals surface area contributed by atoms with E-state index in [0.29, 0.717) is 12.3 Å². The highest BCUT2D eigenvalue weighted by molar-refractivity contribution is 7.20. The maximum absolute atomic E-state index is 12.4. The zero-order valence-corrected chi connectivity index (χ0v) is 20.8. The number of carbonyl (C=O) groups excluding carboxylic acids is 1. The van der Waals surface area contributed by atoms with Gasteiger partial charge in [0.1, 0.15) is 5.69 Å². The lowest BCUT2D eigenvalue weighted by Gasteiger charge is -2.34. The first-order chi connectivity index (χ1) is 15.1. The van der Waals surface area contributed by atoms with Gasteiger partial charge in [-0.3, -0.25) is 4.79 Å². The molecule has 0 unspecified atom stereocenters. The number of nitrogens with one attached hydrogen (secondary N) is 1. The number of fused-ring (bicyclic) bond motifs is 1. The molecule has 0 radical (unpaired) electrons. The highest BCUT2D eigenvalue weighted by atomic mass is 32.1. The lowest BCUT2D eigenvalue weighted by Crippen LogP contribution is -2.49. The van der Waals surface area contributed by atoms with Crippen LogP contribution in [0.15, 0.2) is 24.3 Å². The van der Waals surface area contributed by atoms with Crippen molar-refractivity contribution in [3.05, 3.63) is 29.8 Å². The van der Waals surface area contributed by atoms with Gasteiger partial charge in [0.2, 0.25) is 16.0 Å². The Hall–Kier alpha value is -2.61. The number of amides is 1. The Morgan fingerprint density at radius 1 is 1.16 bits per heavy atom. The van der Waals surface area contributed by atoms with Crippen LogP contribution < -0.4 is 10.2 Å². The first kappa shape index (κ1) is 22.6. The number of hydrogen-bond acceptors (Lipinski definition) is 6. The predicted octanol–water partition coefficient (Wildman–Crippen LogP) is 4.67. The van der Waals surface area contributed by atoms with E-state index in [2.05, 4.69) is 76.0 Å². The van der Waals surface area contributed by atoms with E-state index in [1.165, 1.54) is 5.56 Å². The van der Waals surface area contributed by atoms with Gasteiger partial charge in [-0.15, -0.1) is 5.10 Å². The fraction of sp³-hybridized carbons (Fsp3) is 0.542. The van der Waals surface area contributed by atoms with Crippen LogP contribution in [0.25, 0.3) is 16.2 Å². The standard InChI is InChI=1S/C24H34N6OS/c1-16(2)15-19(31)28-11-13-29(14-12-28)23-27-30-21(26-24(4,5)6)20(25-22(30)32-23)18-10-8-7-9-17(18)3/h7-10,16,26H,11-15H2,1-6H3.